The molecule has 1 unspecified atom stereocenters. The highest BCUT2D eigenvalue weighted by Crippen LogP contribution is 2.14. The highest BCUT2D eigenvalue weighted by atomic mass is 16.6. The molecule has 382 valence electrons. The fraction of sp³-hybridized carbons (Fsp3) is 0.689. The van der Waals surface area contributed by atoms with Gasteiger partial charge in [-0.05, 0) is 89.9 Å². The number of hydrogen-bond acceptors (Lipinski definition) is 6. The fourth-order valence-electron chi connectivity index (χ4n) is 7.46. The van der Waals surface area contributed by atoms with E-state index in [1.165, 1.54) is 109 Å². The smallest absolute Gasteiger partial charge is 0.306 e. The van der Waals surface area contributed by atoms with Crippen LogP contribution in [0.25, 0.3) is 0 Å². The summed E-state index contributed by atoms with van der Waals surface area (Å²) in [5, 5.41) is 0. The van der Waals surface area contributed by atoms with Crippen LogP contribution in [0.4, 0.5) is 0 Å². The summed E-state index contributed by atoms with van der Waals surface area (Å²) in [5.41, 5.74) is 0. The minimum atomic E-state index is -0.799. The summed E-state index contributed by atoms with van der Waals surface area (Å²) >= 11 is 0. The highest BCUT2D eigenvalue weighted by Gasteiger charge is 2.19. The van der Waals surface area contributed by atoms with Gasteiger partial charge >= 0.3 is 17.9 Å². The molecule has 0 heterocycles. The van der Waals surface area contributed by atoms with E-state index in [1.807, 2.05) is 24.3 Å². The first-order valence-electron chi connectivity index (χ1n) is 27.8. The number of hydrogen-bond donors (Lipinski definition) is 0. The SMILES string of the molecule is CCC\C=C/C=C\C=C/C=C\C=C/CCCCCCCC(=O)OCC(COC(=O)CCCCCCCC/C=C\C=C/CCCCC)OC(=O)CCCCCCC/C=C\CCCCCCCCC. The van der Waals surface area contributed by atoms with Gasteiger partial charge in [-0.15, -0.1) is 0 Å². The van der Waals surface area contributed by atoms with Gasteiger partial charge in [-0.1, -0.05) is 240 Å². The fourth-order valence-corrected chi connectivity index (χ4v) is 7.46. The van der Waals surface area contributed by atoms with E-state index in [2.05, 4.69) is 93.7 Å². The number of ether oxygens (including phenoxy) is 3. The van der Waals surface area contributed by atoms with Crippen LogP contribution in [0.1, 0.15) is 252 Å². The van der Waals surface area contributed by atoms with Crippen molar-refractivity contribution in [3.05, 3.63) is 97.2 Å². The third kappa shape index (κ3) is 53.2. The van der Waals surface area contributed by atoms with Gasteiger partial charge in [0.2, 0.25) is 0 Å². The van der Waals surface area contributed by atoms with Gasteiger partial charge in [-0.3, -0.25) is 14.4 Å². The molecule has 0 saturated heterocycles. The van der Waals surface area contributed by atoms with Crippen LogP contribution in [-0.2, 0) is 28.6 Å². The average Bonchev–Trinajstić information content (AvgIpc) is 3.33. The monoisotopic (exact) mass is 931 g/mol. The van der Waals surface area contributed by atoms with Crippen LogP contribution in [0.2, 0.25) is 0 Å². The normalized spacial score (nSPS) is 12.8. The Hall–Kier alpha value is -3.67. The van der Waals surface area contributed by atoms with Gasteiger partial charge < -0.3 is 14.2 Å². The lowest BCUT2D eigenvalue weighted by Crippen LogP contribution is -2.30. The van der Waals surface area contributed by atoms with Crippen LogP contribution in [0.5, 0.6) is 0 Å². The average molecular weight is 931 g/mol. The first kappa shape index (κ1) is 63.3. The maximum Gasteiger partial charge on any atom is 0.306 e. The van der Waals surface area contributed by atoms with Crippen molar-refractivity contribution in [2.24, 2.45) is 0 Å². The van der Waals surface area contributed by atoms with Gasteiger partial charge in [0.15, 0.2) is 6.10 Å². The van der Waals surface area contributed by atoms with E-state index >= 15 is 0 Å². The molecule has 0 aromatic rings. The standard InChI is InChI=1S/C61H102O6/c1-4-7-10-13-16-19-22-25-28-30-31-34-36-39-42-45-48-51-54-60(63)66-57-58(56-65-59(62)53-50-47-44-41-38-35-32-27-24-21-18-15-12-9-6-3)67-61(64)55-52-49-46-43-40-37-33-29-26-23-20-17-14-11-8-5-2/h10,13,16,18-19,21-22,24-25,27-31,33-34,58H,4-9,11-12,14-15,17,20,23,26,32,35-57H2,1-3H3/b13-10-,19-16-,21-18-,25-22-,27-24-,30-28-,33-29-,34-31-. The van der Waals surface area contributed by atoms with E-state index < -0.39 is 6.10 Å². The molecule has 0 aliphatic heterocycles. The molecule has 0 fully saturated rings. The Morgan fingerprint density at radius 2 is 0.582 bits per heavy atom. The second-order valence-electron chi connectivity index (χ2n) is 18.3. The number of carbonyl (C=O) groups is 3. The van der Waals surface area contributed by atoms with Gasteiger partial charge in [-0.25, -0.2) is 0 Å². The lowest BCUT2D eigenvalue weighted by atomic mass is 10.1. The molecule has 0 radical (unpaired) electrons. The molecule has 0 aliphatic carbocycles. The molecule has 0 saturated carbocycles. The van der Waals surface area contributed by atoms with Crippen molar-refractivity contribution in [1.29, 1.82) is 0 Å². The van der Waals surface area contributed by atoms with Crippen LogP contribution in [0, 0.1) is 0 Å². The second-order valence-corrected chi connectivity index (χ2v) is 18.3. The van der Waals surface area contributed by atoms with Crippen LogP contribution < -0.4 is 0 Å². The second kappa shape index (κ2) is 54.9. The maximum atomic E-state index is 12.8. The Kier molecular flexibility index (Phi) is 51.9. The van der Waals surface area contributed by atoms with E-state index in [4.69, 9.17) is 14.2 Å². The molecule has 6 nitrogen and oxygen atoms in total. The molecule has 0 aromatic heterocycles. The Bertz CT molecular complexity index is 1350. The number of unbranched alkanes of at least 4 members (excludes halogenated alkanes) is 27. The predicted molar refractivity (Wildman–Crippen MR) is 288 cm³/mol. The first-order chi connectivity index (χ1) is 33.0. The van der Waals surface area contributed by atoms with Gasteiger partial charge in [0.25, 0.3) is 0 Å². The van der Waals surface area contributed by atoms with Gasteiger partial charge in [0, 0.05) is 19.3 Å². The minimum Gasteiger partial charge on any atom is -0.462 e. The largest absolute Gasteiger partial charge is 0.462 e. The molecular weight excluding hydrogens is 829 g/mol. The zero-order valence-electron chi connectivity index (χ0n) is 43.6. The molecule has 0 amide bonds. The van der Waals surface area contributed by atoms with Crippen LogP contribution >= 0.6 is 0 Å². The molecule has 67 heavy (non-hydrogen) atoms. The molecule has 1 atom stereocenters. The minimum absolute atomic E-state index is 0.0962. The summed E-state index contributed by atoms with van der Waals surface area (Å²) in [5.74, 6) is -0.939. The molecule has 0 bridgehead atoms. The van der Waals surface area contributed by atoms with Crippen molar-refractivity contribution in [1.82, 2.24) is 0 Å². The number of carbonyl (C=O) groups excluding carboxylic acids is 3. The number of esters is 3. The maximum absolute atomic E-state index is 12.8. The van der Waals surface area contributed by atoms with Crippen molar-refractivity contribution in [2.45, 2.75) is 258 Å². The quantitative estimate of drug-likeness (QED) is 0.0199. The molecule has 0 aliphatic rings. The molecule has 0 spiro atoms. The lowest BCUT2D eigenvalue weighted by molar-refractivity contribution is -0.167. The predicted octanol–water partition coefficient (Wildman–Crippen LogP) is 18.5. The van der Waals surface area contributed by atoms with Crippen molar-refractivity contribution < 1.29 is 28.6 Å². The van der Waals surface area contributed by atoms with Crippen molar-refractivity contribution in [2.75, 3.05) is 13.2 Å². The number of allylic oxidation sites excluding steroid dienone is 16. The molecule has 0 rings (SSSR count). The van der Waals surface area contributed by atoms with Crippen molar-refractivity contribution in [3.63, 3.8) is 0 Å². The van der Waals surface area contributed by atoms with E-state index in [9.17, 15) is 14.4 Å². The van der Waals surface area contributed by atoms with E-state index in [1.54, 1.807) is 0 Å². The molecule has 0 N–H and O–H groups in total. The summed E-state index contributed by atoms with van der Waals surface area (Å²) in [6.07, 6.45) is 72.4. The van der Waals surface area contributed by atoms with E-state index in [-0.39, 0.29) is 31.1 Å². The summed E-state index contributed by atoms with van der Waals surface area (Å²) in [6, 6.07) is 0. The van der Waals surface area contributed by atoms with Crippen LogP contribution in [0.3, 0.4) is 0 Å². The molecule has 0 aromatic carbocycles. The molecular formula is C61H102O6. The lowest BCUT2D eigenvalue weighted by Gasteiger charge is -2.18. The zero-order valence-corrected chi connectivity index (χ0v) is 43.6. The third-order valence-corrected chi connectivity index (χ3v) is 11.7. The third-order valence-electron chi connectivity index (χ3n) is 11.7. The van der Waals surface area contributed by atoms with Gasteiger partial charge in [0.1, 0.15) is 13.2 Å². The Labute approximate surface area is 413 Å². The Morgan fingerprint density at radius 1 is 0.299 bits per heavy atom. The van der Waals surface area contributed by atoms with Crippen LogP contribution in [0.15, 0.2) is 97.2 Å². The number of rotatable bonds is 49. The van der Waals surface area contributed by atoms with Gasteiger partial charge in [-0.2, -0.15) is 0 Å². The molecule has 6 heteroatoms. The Morgan fingerprint density at radius 3 is 0.985 bits per heavy atom. The van der Waals surface area contributed by atoms with E-state index in [0.717, 1.165) is 103 Å². The van der Waals surface area contributed by atoms with Crippen molar-refractivity contribution >= 4 is 17.9 Å². The van der Waals surface area contributed by atoms with E-state index in [0.29, 0.717) is 19.3 Å². The summed E-state index contributed by atoms with van der Waals surface area (Å²) < 4.78 is 16.8. The summed E-state index contributed by atoms with van der Waals surface area (Å²) in [4.78, 5) is 38.1. The van der Waals surface area contributed by atoms with Crippen LogP contribution in [-0.4, -0.2) is 37.2 Å². The topological polar surface area (TPSA) is 78.9 Å². The zero-order chi connectivity index (χ0) is 48.6. The van der Waals surface area contributed by atoms with Gasteiger partial charge in [0.05, 0.1) is 0 Å². The van der Waals surface area contributed by atoms with Crippen molar-refractivity contribution in [3.8, 4) is 0 Å². The highest BCUT2D eigenvalue weighted by molar-refractivity contribution is 5.71. The summed E-state index contributed by atoms with van der Waals surface area (Å²) in [7, 11) is 0. The Balaban J connectivity index is 4.48. The summed E-state index contributed by atoms with van der Waals surface area (Å²) in [6.45, 7) is 6.48. The first-order valence-corrected chi connectivity index (χ1v) is 27.8.